The maximum atomic E-state index is 6.80. The average molecular weight is 631 g/mol. The lowest BCUT2D eigenvalue weighted by Crippen LogP contribution is -2.20. The highest BCUT2D eigenvalue weighted by atomic mass is 16.5. The first kappa shape index (κ1) is 28.9. The van der Waals surface area contributed by atoms with Crippen LogP contribution in [0.1, 0.15) is 18.4 Å². The SMILES string of the molecule is C1=C(N(c2ccccc2)c2ccccc2)CCC2=C1c1cccc3cc(-c4ccc(N(c5ccccc5)c5ccccc5)cc4)cc(c13)O2. The van der Waals surface area contributed by atoms with Crippen LogP contribution in [-0.4, -0.2) is 0 Å². The minimum Gasteiger partial charge on any atom is -0.460 e. The van der Waals surface area contributed by atoms with Gasteiger partial charge in [0.05, 0.1) is 0 Å². The van der Waals surface area contributed by atoms with E-state index in [-0.39, 0.29) is 0 Å². The number of hydrogen-bond donors (Lipinski definition) is 0. The smallest absolute Gasteiger partial charge is 0.136 e. The Morgan fingerprint density at radius 1 is 0.429 bits per heavy atom. The molecule has 9 rings (SSSR count). The molecule has 234 valence electrons. The van der Waals surface area contributed by atoms with Gasteiger partial charge in [0.25, 0.3) is 0 Å². The highest BCUT2D eigenvalue weighted by Gasteiger charge is 2.28. The maximum Gasteiger partial charge on any atom is 0.136 e. The van der Waals surface area contributed by atoms with Crippen LogP contribution in [0.4, 0.5) is 28.4 Å². The van der Waals surface area contributed by atoms with Crippen LogP contribution in [0.2, 0.25) is 0 Å². The Morgan fingerprint density at radius 2 is 0.959 bits per heavy atom. The molecule has 0 bridgehead atoms. The molecule has 3 nitrogen and oxygen atoms in total. The van der Waals surface area contributed by atoms with Gasteiger partial charge in [-0.3, -0.25) is 0 Å². The van der Waals surface area contributed by atoms with Crippen molar-refractivity contribution in [3.63, 3.8) is 0 Å². The molecule has 0 aromatic heterocycles. The number of nitrogens with zero attached hydrogens (tertiary/aromatic N) is 2. The molecule has 0 saturated carbocycles. The number of para-hydroxylation sites is 4. The minimum absolute atomic E-state index is 0.834. The van der Waals surface area contributed by atoms with E-state index >= 15 is 0 Å². The Labute approximate surface area is 287 Å². The van der Waals surface area contributed by atoms with Gasteiger partial charge < -0.3 is 14.5 Å². The van der Waals surface area contributed by atoms with E-state index in [1.807, 2.05) is 0 Å². The van der Waals surface area contributed by atoms with Gasteiger partial charge >= 0.3 is 0 Å². The lowest BCUT2D eigenvalue weighted by Gasteiger charge is -2.33. The maximum absolute atomic E-state index is 6.80. The Bertz CT molecular complexity index is 2250. The normalized spacial score (nSPS) is 13.3. The zero-order valence-electron chi connectivity index (χ0n) is 27.0. The van der Waals surface area contributed by atoms with Gasteiger partial charge in [-0.05, 0) is 107 Å². The first-order valence-corrected chi connectivity index (χ1v) is 16.9. The summed E-state index contributed by atoms with van der Waals surface area (Å²) in [5.74, 6) is 1.97. The average Bonchev–Trinajstić information content (AvgIpc) is 3.17. The number of anilines is 5. The van der Waals surface area contributed by atoms with E-state index in [2.05, 4.69) is 192 Å². The zero-order chi connectivity index (χ0) is 32.6. The second-order valence-electron chi connectivity index (χ2n) is 12.5. The fraction of sp³-hybridized carbons (Fsp3) is 0.0435. The van der Waals surface area contributed by atoms with Crippen LogP contribution in [0, 0.1) is 0 Å². The molecule has 0 fully saturated rings. The lowest BCUT2D eigenvalue weighted by molar-refractivity contribution is 0.405. The van der Waals surface area contributed by atoms with Gasteiger partial charge in [0.1, 0.15) is 11.5 Å². The Morgan fingerprint density at radius 3 is 1.53 bits per heavy atom. The van der Waals surface area contributed by atoms with Crippen molar-refractivity contribution in [2.45, 2.75) is 12.8 Å². The predicted molar refractivity (Wildman–Crippen MR) is 204 cm³/mol. The summed E-state index contributed by atoms with van der Waals surface area (Å²) in [6.07, 6.45) is 4.06. The molecule has 0 N–H and O–H groups in total. The van der Waals surface area contributed by atoms with Crippen molar-refractivity contribution >= 4 is 44.8 Å². The van der Waals surface area contributed by atoms with Crippen LogP contribution in [0.5, 0.6) is 5.75 Å². The summed E-state index contributed by atoms with van der Waals surface area (Å²) >= 11 is 0. The molecule has 2 aliphatic rings. The van der Waals surface area contributed by atoms with Gasteiger partial charge in [-0.2, -0.15) is 0 Å². The van der Waals surface area contributed by atoms with Crippen LogP contribution in [0.3, 0.4) is 0 Å². The molecule has 0 atom stereocenters. The summed E-state index contributed by atoms with van der Waals surface area (Å²) in [5, 5.41) is 2.35. The second kappa shape index (κ2) is 12.4. The summed E-state index contributed by atoms with van der Waals surface area (Å²) < 4.78 is 6.80. The molecule has 7 aromatic carbocycles. The Kier molecular flexibility index (Phi) is 7.29. The lowest BCUT2D eigenvalue weighted by atomic mass is 9.88. The Balaban J connectivity index is 1.08. The molecule has 1 heterocycles. The fourth-order valence-corrected chi connectivity index (χ4v) is 7.24. The summed E-state index contributed by atoms with van der Waals surface area (Å²) in [7, 11) is 0. The summed E-state index contributed by atoms with van der Waals surface area (Å²) in [6, 6.07) is 62.3. The number of allylic oxidation sites excluding steroid dienone is 4. The van der Waals surface area contributed by atoms with E-state index in [1.165, 1.54) is 27.6 Å². The van der Waals surface area contributed by atoms with Gasteiger partial charge in [-0.1, -0.05) is 103 Å². The largest absolute Gasteiger partial charge is 0.460 e. The Hall–Kier alpha value is -6.32. The second-order valence-corrected chi connectivity index (χ2v) is 12.5. The van der Waals surface area contributed by atoms with Gasteiger partial charge in [-0.25, -0.2) is 0 Å². The van der Waals surface area contributed by atoms with Crippen LogP contribution in [0.15, 0.2) is 193 Å². The third-order valence-corrected chi connectivity index (χ3v) is 9.49. The zero-order valence-corrected chi connectivity index (χ0v) is 27.0. The third kappa shape index (κ3) is 5.36. The van der Waals surface area contributed by atoms with Gasteiger partial charge in [0, 0.05) is 51.5 Å². The highest BCUT2D eigenvalue weighted by molar-refractivity contribution is 6.04. The first-order valence-electron chi connectivity index (χ1n) is 16.9. The van der Waals surface area contributed by atoms with Gasteiger partial charge in [0.2, 0.25) is 0 Å². The van der Waals surface area contributed by atoms with Crippen LogP contribution in [-0.2, 0) is 0 Å². The van der Waals surface area contributed by atoms with E-state index in [1.54, 1.807) is 0 Å². The summed E-state index contributed by atoms with van der Waals surface area (Å²) in [5.41, 5.74) is 11.7. The molecule has 0 saturated heterocycles. The number of rotatable bonds is 7. The van der Waals surface area contributed by atoms with Crippen LogP contribution >= 0.6 is 0 Å². The number of ether oxygens (including phenoxy) is 1. The van der Waals surface area contributed by atoms with Crippen molar-refractivity contribution < 1.29 is 4.74 Å². The monoisotopic (exact) mass is 630 g/mol. The highest BCUT2D eigenvalue weighted by Crippen LogP contribution is 2.47. The molecule has 7 aromatic rings. The number of fused-ring (bicyclic) bond motifs is 1. The predicted octanol–water partition coefficient (Wildman–Crippen LogP) is 12.6. The van der Waals surface area contributed by atoms with E-state index in [0.717, 1.165) is 63.9 Å². The van der Waals surface area contributed by atoms with Crippen molar-refractivity contribution in [1.82, 2.24) is 0 Å². The van der Waals surface area contributed by atoms with Crippen molar-refractivity contribution in [2.24, 2.45) is 0 Å². The standard InChI is InChI=1S/C46H34N2O/c1-5-15-36(16-6-1)47(37-17-7-2-8-18-37)40-26-24-33(25-27-40)35-30-34-14-13-23-42-43-32-41(28-29-44(43)49-45(31-35)46(34)42)48(38-19-9-3-10-20-38)39-21-11-4-12-22-39/h1-27,30-32H,28-29H2. The molecule has 49 heavy (non-hydrogen) atoms. The molecule has 1 aliphatic heterocycles. The number of benzene rings is 7. The fourth-order valence-electron chi connectivity index (χ4n) is 7.24. The van der Waals surface area contributed by atoms with E-state index in [4.69, 9.17) is 4.74 Å². The van der Waals surface area contributed by atoms with Crippen molar-refractivity contribution in [3.8, 4) is 16.9 Å². The molecule has 0 amide bonds. The molecule has 1 aliphatic carbocycles. The summed E-state index contributed by atoms with van der Waals surface area (Å²) in [6.45, 7) is 0. The quantitative estimate of drug-likeness (QED) is 0.174. The molecular formula is C46H34N2O. The van der Waals surface area contributed by atoms with Crippen molar-refractivity contribution in [3.05, 3.63) is 199 Å². The molecule has 0 radical (unpaired) electrons. The van der Waals surface area contributed by atoms with E-state index in [0.29, 0.717) is 0 Å². The van der Waals surface area contributed by atoms with Gasteiger partial charge in [-0.15, -0.1) is 0 Å². The molecule has 0 spiro atoms. The van der Waals surface area contributed by atoms with Crippen molar-refractivity contribution in [2.75, 3.05) is 9.80 Å². The molecule has 3 heteroatoms. The van der Waals surface area contributed by atoms with Crippen molar-refractivity contribution in [1.29, 1.82) is 0 Å². The third-order valence-electron chi connectivity index (χ3n) is 9.49. The summed E-state index contributed by atoms with van der Waals surface area (Å²) in [4.78, 5) is 4.67. The van der Waals surface area contributed by atoms with Gasteiger partial charge in [0.15, 0.2) is 0 Å². The molecular weight excluding hydrogens is 597 g/mol. The van der Waals surface area contributed by atoms with Crippen LogP contribution < -0.4 is 14.5 Å². The minimum atomic E-state index is 0.834. The van der Waals surface area contributed by atoms with E-state index < -0.39 is 0 Å². The topological polar surface area (TPSA) is 15.7 Å². The van der Waals surface area contributed by atoms with Crippen LogP contribution in [0.25, 0.3) is 27.5 Å². The number of hydrogen-bond acceptors (Lipinski definition) is 3. The molecule has 0 unspecified atom stereocenters. The van der Waals surface area contributed by atoms with E-state index in [9.17, 15) is 0 Å². The first-order chi connectivity index (χ1) is 24.3.